The van der Waals surface area contributed by atoms with Gasteiger partial charge in [0.1, 0.15) is 0 Å². The molecule has 1 aromatic rings. The van der Waals surface area contributed by atoms with Gasteiger partial charge in [-0.25, -0.2) is 0 Å². The number of benzene rings is 1. The summed E-state index contributed by atoms with van der Waals surface area (Å²) in [6, 6.07) is 4.82. The Morgan fingerprint density at radius 1 is 1.19 bits per heavy atom. The highest BCUT2D eigenvalue weighted by molar-refractivity contribution is 6.36. The van der Waals surface area contributed by atoms with Crippen LogP contribution in [-0.4, -0.2) is 12.2 Å². The minimum atomic E-state index is -4.12. The van der Waals surface area contributed by atoms with Crippen molar-refractivity contribution < 1.29 is 13.2 Å². The fraction of sp³-hybridized carbons (Fsp3) is 0.600. The molecule has 0 bridgehead atoms. The van der Waals surface area contributed by atoms with Crippen LogP contribution in [0.15, 0.2) is 18.2 Å². The Morgan fingerprint density at radius 2 is 1.81 bits per heavy atom. The van der Waals surface area contributed by atoms with Gasteiger partial charge in [-0.05, 0) is 49.3 Å². The van der Waals surface area contributed by atoms with E-state index >= 15 is 0 Å². The number of halogens is 5. The molecule has 0 aliphatic heterocycles. The lowest BCUT2D eigenvalue weighted by Gasteiger charge is -2.34. The van der Waals surface area contributed by atoms with Gasteiger partial charge in [0.05, 0.1) is 5.92 Å². The zero-order valence-electron chi connectivity index (χ0n) is 11.5. The van der Waals surface area contributed by atoms with Crippen molar-refractivity contribution in [2.75, 3.05) is 0 Å². The summed E-state index contributed by atoms with van der Waals surface area (Å²) >= 11 is 12.2. The summed E-state index contributed by atoms with van der Waals surface area (Å²) in [5.74, 6) is -1.37. The minimum absolute atomic E-state index is 0.104. The quantitative estimate of drug-likeness (QED) is 0.801. The SMILES string of the molecule is NC(Cc1c(Cl)cccc1Cl)C1CCCC(C(F)(F)F)C1. The number of hydrogen-bond acceptors (Lipinski definition) is 1. The van der Waals surface area contributed by atoms with Crippen LogP contribution in [0.1, 0.15) is 31.2 Å². The molecular weight excluding hydrogens is 322 g/mol. The molecule has 6 heteroatoms. The van der Waals surface area contributed by atoms with Crippen LogP contribution < -0.4 is 5.73 Å². The Kier molecular flexibility index (Phi) is 5.44. The molecule has 1 aliphatic rings. The summed E-state index contributed by atoms with van der Waals surface area (Å²) in [5.41, 5.74) is 6.86. The molecule has 1 nitrogen and oxygen atoms in total. The molecule has 1 saturated carbocycles. The van der Waals surface area contributed by atoms with Crippen LogP contribution in [0.4, 0.5) is 13.2 Å². The maximum absolute atomic E-state index is 12.9. The predicted molar refractivity (Wildman–Crippen MR) is 79.6 cm³/mol. The predicted octanol–water partition coefficient (Wildman–Crippen LogP) is 5.23. The standard InChI is InChI=1S/C15H18Cl2F3N/c16-12-5-2-6-13(17)11(12)8-14(21)9-3-1-4-10(7-9)15(18,19)20/h2,5-6,9-10,14H,1,3-4,7-8,21H2. The first-order chi connectivity index (χ1) is 9.79. The molecule has 0 heterocycles. The van der Waals surface area contributed by atoms with Crippen molar-refractivity contribution in [1.82, 2.24) is 0 Å². The van der Waals surface area contributed by atoms with Crippen molar-refractivity contribution in [1.29, 1.82) is 0 Å². The first-order valence-electron chi connectivity index (χ1n) is 7.04. The monoisotopic (exact) mass is 339 g/mol. The summed E-state index contributed by atoms with van der Waals surface area (Å²) in [6.07, 6.45) is -2.10. The summed E-state index contributed by atoms with van der Waals surface area (Å²) in [4.78, 5) is 0. The van der Waals surface area contributed by atoms with Gasteiger partial charge in [-0.3, -0.25) is 0 Å². The smallest absolute Gasteiger partial charge is 0.327 e. The van der Waals surface area contributed by atoms with Crippen molar-refractivity contribution in [3.8, 4) is 0 Å². The third-order valence-corrected chi connectivity index (χ3v) is 4.99. The van der Waals surface area contributed by atoms with Crippen LogP contribution in [0, 0.1) is 11.8 Å². The topological polar surface area (TPSA) is 26.0 Å². The summed E-state index contributed by atoms with van der Waals surface area (Å²) in [6.45, 7) is 0. The second-order valence-electron chi connectivity index (χ2n) is 5.73. The van der Waals surface area contributed by atoms with Gasteiger partial charge in [0, 0.05) is 16.1 Å². The van der Waals surface area contributed by atoms with Crippen molar-refractivity contribution in [3.05, 3.63) is 33.8 Å². The van der Waals surface area contributed by atoms with Gasteiger partial charge in [0.25, 0.3) is 0 Å². The van der Waals surface area contributed by atoms with Crippen LogP contribution in [0.25, 0.3) is 0 Å². The highest BCUT2D eigenvalue weighted by atomic mass is 35.5. The minimum Gasteiger partial charge on any atom is -0.327 e. The lowest BCUT2D eigenvalue weighted by atomic mass is 9.76. The molecule has 2 rings (SSSR count). The maximum Gasteiger partial charge on any atom is 0.391 e. The van der Waals surface area contributed by atoms with Gasteiger partial charge >= 0.3 is 6.18 Å². The number of nitrogens with two attached hydrogens (primary N) is 1. The van der Waals surface area contributed by atoms with Crippen LogP contribution in [-0.2, 0) is 6.42 Å². The fourth-order valence-corrected chi connectivity index (χ4v) is 3.60. The molecule has 3 atom stereocenters. The van der Waals surface area contributed by atoms with E-state index in [-0.39, 0.29) is 24.8 Å². The number of alkyl halides is 3. The van der Waals surface area contributed by atoms with Gasteiger partial charge < -0.3 is 5.73 Å². The molecule has 3 unspecified atom stereocenters. The lowest BCUT2D eigenvalue weighted by Crippen LogP contribution is -2.39. The van der Waals surface area contributed by atoms with E-state index in [9.17, 15) is 13.2 Å². The van der Waals surface area contributed by atoms with Crippen LogP contribution in [0.2, 0.25) is 10.0 Å². The molecule has 2 N–H and O–H groups in total. The normalized spacial score (nSPS) is 24.9. The van der Waals surface area contributed by atoms with Crippen LogP contribution >= 0.6 is 23.2 Å². The molecule has 1 aliphatic carbocycles. The summed E-state index contributed by atoms with van der Waals surface area (Å²) in [5, 5.41) is 1.03. The molecule has 118 valence electrons. The zero-order chi connectivity index (χ0) is 15.6. The first kappa shape index (κ1) is 16.9. The van der Waals surface area contributed by atoms with E-state index in [0.29, 0.717) is 22.9 Å². The van der Waals surface area contributed by atoms with Gasteiger partial charge in [0.2, 0.25) is 0 Å². The largest absolute Gasteiger partial charge is 0.391 e. The van der Waals surface area contributed by atoms with Gasteiger partial charge in [-0.1, -0.05) is 35.7 Å². The molecule has 21 heavy (non-hydrogen) atoms. The highest BCUT2D eigenvalue weighted by Crippen LogP contribution is 2.41. The average molecular weight is 340 g/mol. The Hall–Kier alpha value is -0.450. The fourth-order valence-electron chi connectivity index (χ4n) is 3.04. The van der Waals surface area contributed by atoms with E-state index in [1.807, 2.05) is 0 Å². The van der Waals surface area contributed by atoms with E-state index < -0.39 is 12.1 Å². The second kappa shape index (κ2) is 6.76. The van der Waals surface area contributed by atoms with E-state index in [1.165, 1.54) is 0 Å². The Balaban J connectivity index is 2.05. The first-order valence-corrected chi connectivity index (χ1v) is 7.79. The van der Waals surface area contributed by atoms with Crippen molar-refractivity contribution in [2.45, 2.75) is 44.3 Å². The molecular formula is C15H18Cl2F3N. The second-order valence-corrected chi connectivity index (χ2v) is 6.55. The van der Waals surface area contributed by atoms with Crippen LogP contribution in [0.5, 0.6) is 0 Å². The third kappa shape index (κ3) is 4.27. The Morgan fingerprint density at radius 3 is 2.38 bits per heavy atom. The van der Waals surface area contributed by atoms with Crippen LogP contribution in [0.3, 0.4) is 0 Å². The van der Waals surface area contributed by atoms with E-state index in [4.69, 9.17) is 28.9 Å². The average Bonchev–Trinajstić information content (AvgIpc) is 2.42. The molecule has 0 radical (unpaired) electrons. The number of rotatable bonds is 3. The molecule has 1 fully saturated rings. The Labute approximate surface area is 132 Å². The highest BCUT2D eigenvalue weighted by Gasteiger charge is 2.43. The van der Waals surface area contributed by atoms with E-state index in [0.717, 1.165) is 12.0 Å². The lowest BCUT2D eigenvalue weighted by molar-refractivity contribution is -0.186. The van der Waals surface area contributed by atoms with Crippen molar-refractivity contribution in [3.63, 3.8) is 0 Å². The molecule has 0 aromatic heterocycles. The number of hydrogen-bond donors (Lipinski definition) is 1. The van der Waals surface area contributed by atoms with Crippen molar-refractivity contribution >= 4 is 23.2 Å². The zero-order valence-corrected chi connectivity index (χ0v) is 13.0. The summed E-state index contributed by atoms with van der Waals surface area (Å²) in [7, 11) is 0. The molecule has 0 amide bonds. The molecule has 1 aromatic carbocycles. The van der Waals surface area contributed by atoms with Crippen molar-refractivity contribution in [2.24, 2.45) is 17.6 Å². The molecule has 0 saturated heterocycles. The van der Waals surface area contributed by atoms with Gasteiger partial charge in [-0.2, -0.15) is 13.2 Å². The third-order valence-electron chi connectivity index (χ3n) is 4.28. The van der Waals surface area contributed by atoms with E-state index in [1.54, 1.807) is 18.2 Å². The van der Waals surface area contributed by atoms with E-state index in [2.05, 4.69) is 0 Å². The molecule has 0 spiro atoms. The van der Waals surface area contributed by atoms with Gasteiger partial charge in [0.15, 0.2) is 0 Å². The maximum atomic E-state index is 12.9. The Bertz CT molecular complexity index is 470. The summed E-state index contributed by atoms with van der Waals surface area (Å²) < 4.78 is 38.6. The van der Waals surface area contributed by atoms with Gasteiger partial charge in [-0.15, -0.1) is 0 Å².